The average molecular weight is 420 g/mol. The topological polar surface area (TPSA) is 85.9 Å². The van der Waals surface area contributed by atoms with Crippen LogP contribution in [0, 0.1) is 6.92 Å². The van der Waals surface area contributed by atoms with Gasteiger partial charge in [-0.05, 0) is 55.0 Å². The Morgan fingerprint density at radius 1 is 0.710 bits per heavy atom. The van der Waals surface area contributed by atoms with Gasteiger partial charge in [-0.15, -0.1) is 0 Å². The molecule has 2 amide bonds. The van der Waals surface area contributed by atoms with Gasteiger partial charge in [0, 0.05) is 5.56 Å². The number of hydrazine groups is 1. The highest BCUT2D eigenvalue weighted by molar-refractivity contribution is 5.95. The zero-order valence-corrected chi connectivity index (χ0v) is 17.2. The van der Waals surface area contributed by atoms with E-state index in [0.717, 1.165) is 11.3 Å². The highest BCUT2D eigenvalue weighted by Crippen LogP contribution is 2.14. The molecule has 0 aliphatic carbocycles. The van der Waals surface area contributed by atoms with Crippen molar-refractivity contribution in [3.8, 4) is 17.2 Å². The lowest BCUT2D eigenvalue weighted by Gasteiger charge is -2.11. The third-order valence-corrected chi connectivity index (χ3v) is 4.14. The lowest BCUT2D eigenvalue weighted by Crippen LogP contribution is -2.43. The summed E-state index contributed by atoms with van der Waals surface area (Å²) in [5.41, 5.74) is 6.07. The number of amides is 2. The van der Waals surface area contributed by atoms with Crippen molar-refractivity contribution in [3.63, 3.8) is 0 Å². The highest BCUT2D eigenvalue weighted by Gasteiger charge is 2.09. The second-order valence-electron chi connectivity index (χ2n) is 6.65. The molecule has 0 heterocycles. The molecule has 0 saturated heterocycles. The first kappa shape index (κ1) is 21.7. The van der Waals surface area contributed by atoms with E-state index in [1.807, 2.05) is 55.5 Å². The molecule has 0 saturated carbocycles. The van der Waals surface area contributed by atoms with Crippen LogP contribution in [0.1, 0.15) is 15.9 Å². The van der Waals surface area contributed by atoms with Gasteiger partial charge in [0.05, 0.1) is 0 Å². The van der Waals surface area contributed by atoms with E-state index in [2.05, 4.69) is 10.9 Å². The zero-order chi connectivity index (χ0) is 21.9. The fraction of sp³-hybridized carbons (Fsp3) is 0.167. The minimum Gasteiger partial charge on any atom is -0.490 e. The Hall–Kier alpha value is -4.00. The molecule has 0 bridgehead atoms. The monoisotopic (exact) mass is 420 g/mol. The van der Waals surface area contributed by atoms with Crippen LogP contribution in [-0.4, -0.2) is 31.6 Å². The van der Waals surface area contributed by atoms with Gasteiger partial charge in [0.1, 0.15) is 30.5 Å². The Kier molecular flexibility index (Phi) is 7.88. The van der Waals surface area contributed by atoms with Crippen LogP contribution in [0.25, 0.3) is 0 Å². The van der Waals surface area contributed by atoms with Crippen LogP contribution in [0.15, 0.2) is 78.9 Å². The normalized spacial score (nSPS) is 10.1. The molecule has 7 heteroatoms. The second kappa shape index (κ2) is 11.3. The number of ether oxygens (including phenoxy) is 3. The quantitative estimate of drug-likeness (QED) is 0.410. The van der Waals surface area contributed by atoms with E-state index in [0.29, 0.717) is 30.3 Å². The smallest absolute Gasteiger partial charge is 0.276 e. The molecular formula is C24H24N2O5. The van der Waals surface area contributed by atoms with Gasteiger partial charge in [0.25, 0.3) is 11.8 Å². The maximum Gasteiger partial charge on any atom is 0.276 e. The number of benzene rings is 3. The maximum atomic E-state index is 12.3. The first-order valence-corrected chi connectivity index (χ1v) is 9.79. The van der Waals surface area contributed by atoms with Crippen molar-refractivity contribution in [1.82, 2.24) is 10.9 Å². The SMILES string of the molecule is Cc1cccc(OCC(=O)NNC(=O)c2cccc(OCCOc3ccccc3)c2)c1. The number of hydrogen-bond acceptors (Lipinski definition) is 5. The summed E-state index contributed by atoms with van der Waals surface area (Å²) in [5.74, 6) is 0.942. The first-order chi connectivity index (χ1) is 15.1. The van der Waals surface area contributed by atoms with Crippen molar-refractivity contribution in [1.29, 1.82) is 0 Å². The van der Waals surface area contributed by atoms with E-state index >= 15 is 0 Å². The van der Waals surface area contributed by atoms with E-state index in [1.54, 1.807) is 30.3 Å². The van der Waals surface area contributed by atoms with Crippen LogP contribution in [0.5, 0.6) is 17.2 Å². The van der Waals surface area contributed by atoms with Crippen molar-refractivity contribution >= 4 is 11.8 Å². The van der Waals surface area contributed by atoms with E-state index < -0.39 is 11.8 Å². The Labute approximate surface area is 180 Å². The standard InChI is InChI=1S/C24H24N2O5/c1-18-7-5-11-21(15-18)31-17-23(27)25-26-24(28)19-8-6-12-22(16-19)30-14-13-29-20-9-3-2-4-10-20/h2-12,15-16H,13-14,17H2,1H3,(H,25,27)(H,26,28). The Morgan fingerprint density at radius 3 is 2.10 bits per heavy atom. The van der Waals surface area contributed by atoms with Gasteiger partial charge in [0.2, 0.25) is 0 Å². The van der Waals surface area contributed by atoms with Crippen LogP contribution < -0.4 is 25.1 Å². The van der Waals surface area contributed by atoms with E-state index in [1.165, 1.54) is 0 Å². The molecule has 0 spiro atoms. The predicted molar refractivity (Wildman–Crippen MR) is 116 cm³/mol. The zero-order valence-electron chi connectivity index (χ0n) is 17.2. The van der Waals surface area contributed by atoms with E-state index in [-0.39, 0.29) is 6.61 Å². The first-order valence-electron chi connectivity index (χ1n) is 9.79. The molecule has 3 aromatic rings. The molecule has 160 valence electrons. The van der Waals surface area contributed by atoms with Crippen LogP contribution >= 0.6 is 0 Å². The summed E-state index contributed by atoms with van der Waals surface area (Å²) in [6.45, 7) is 2.42. The summed E-state index contributed by atoms with van der Waals surface area (Å²) in [5, 5.41) is 0. The minimum atomic E-state index is -0.472. The Bertz CT molecular complexity index is 1010. The molecule has 0 unspecified atom stereocenters. The molecule has 3 rings (SSSR count). The number of aryl methyl sites for hydroxylation is 1. The molecule has 0 radical (unpaired) electrons. The number of carbonyl (C=O) groups is 2. The molecule has 0 aliphatic heterocycles. The maximum absolute atomic E-state index is 12.3. The molecule has 3 aromatic carbocycles. The second-order valence-corrected chi connectivity index (χ2v) is 6.65. The highest BCUT2D eigenvalue weighted by atomic mass is 16.5. The molecular weight excluding hydrogens is 396 g/mol. The molecule has 7 nitrogen and oxygen atoms in total. The van der Waals surface area contributed by atoms with Crippen molar-refractivity contribution in [2.75, 3.05) is 19.8 Å². The number of carbonyl (C=O) groups excluding carboxylic acids is 2. The van der Waals surface area contributed by atoms with Gasteiger partial charge >= 0.3 is 0 Å². The average Bonchev–Trinajstić information content (AvgIpc) is 2.80. The van der Waals surface area contributed by atoms with Crippen LogP contribution in [-0.2, 0) is 4.79 Å². The van der Waals surface area contributed by atoms with Gasteiger partial charge < -0.3 is 14.2 Å². The van der Waals surface area contributed by atoms with Gasteiger partial charge in [-0.2, -0.15) is 0 Å². The molecule has 0 aromatic heterocycles. The third kappa shape index (κ3) is 7.40. The molecule has 2 N–H and O–H groups in total. The van der Waals surface area contributed by atoms with Crippen LogP contribution in [0.3, 0.4) is 0 Å². The molecule has 0 fully saturated rings. The third-order valence-electron chi connectivity index (χ3n) is 4.14. The number of rotatable bonds is 9. The van der Waals surface area contributed by atoms with E-state index in [4.69, 9.17) is 14.2 Å². The number of para-hydroxylation sites is 1. The molecule has 31 heavy (non-hydrogen) atoms. The van der Waals surface area contributed by atoms with Crippen molar-refractivity contribution in [2.24, 2.45) is 0 Å². The fourth-order valence-electron chi connectivity index (χ4n) is 2.65. The molecule has 0 atom stereocenters. The summed E-state index contributed by atoms with van der Waals surface area (Å²) in [4.78, 5) is 24.2. The largest absolute Gasteiger partial charge is 0.490 e. The Balaban J connectivity index is 1.40. The Morgan fingerprint density at radius 2 is 1.35 bits per heavy atom. The molecule has 0 aliphatic rings. The summed E-state index contributed by atoms with van der Waals surface area (Å²) < 4.78 is 16.6. The summed E-state index contributed by atoms with van der Waals surface area (Å²) in [7, 11) is 0. The lowest BCUT2D eigenvalue weighted by atomic mass is 10.2. The van der Waals surface area contributed by atoms with Crippen molar-refractivity contribution in [3.05, 3.63) is 90.0 Å². The fourth-order valence-corrected chi connectivity index (χ4v) is 2.65. The van der Waals surface area contributed by atoms with Gasteiger partial charge in [-0.3, -0.25) is 20.4 Å². The number of nitrogens with one attached hydrogen (secondary N) is 2. The van der Waals surface area contributed by atoms with Crippen LogP contribution in [0.2, 0.25) is 0 Å². The van der Waals surface area contributed by atoms with Crippen molar-refractivity contribution < 1.29 is 23.8 Å². The summed E-state index contributed by atoms with van der Waals surface area (Å²) >= 11 is 0. The van der Waals surface area contributed by atoms with Gasteiger partial charge in [-0.1, -0.05) is 36.4 Å². The van der Waals surface area contributed by atoms with Gasteiger partial charge in [0.15, 0.2) is 6.61 Å². The lowest BCUT2D eigenvalue weighted by molar-refractivity contribution is -0.123. The minimum absolute atomic E-state index is 0.214. The predicted octanol–water partition coefficient (Wildman–Crippen LogP) is 3.29. The number of hydrogen-bond donors (Lipinski definition) is 2. The summed E-state index contributed by atoms with van der Waals surface area (Å²) in [6, 6.07) is 23.4. The summed E-state index contributed by atoms with van der Waals surface area (Å²) in [6.07, 6.45) is 0. The van der Waals surface area contributed by atoms with Gasteiger partial charge in [-0.25, -0.2) is 0 Å². The van der Waals surface area contributed by atoms with Crippen molar-refractivity contribution in [2.45, 2.75) is 6.92 Å². The van der Waals surface area contributed by atoms with E-state index in [9.17, 15) is 9.59 Å². The van der Waals surface area contributed by atoms with Crippen LogP contribution in [0.4, 0.5) is 0 Å².